The average molecular weight is 334 g/mol. The lowest BCUT2D eigenvalue weighted by Gasteiger charge is -2.11. The molecule has 0 saturated carbocycles. The number of halogens is 3. The fourth-order valence-corrected chi connectivity index (χ4v) is 2.64. The van der Waals surface area contributed by atoms with Crippen molar-refractivity contribution in [3.05, 3.63) is 58.9 Å². The Hall–Kier alpha value is -2.83. The van der Waals surface area contributed by atoms with Crippen molar-refractivity contribution in [2.24, 2.45) is 0 Å². The number of fused-ring (bicyclic) bond motifs is 1. The number of amides is 2. The van der Waals surface area contributed by atoms with E-state index in [-0.39, 0.29) is 18.7 Å². The molecule has 1 N–H and O–H groups in total. The molecule has 0 saturated heterocycles. The second-order valence-electron chi connectivity index (χ2n) is 5.54. The molecule has 0 atom stereocenters. The maximum Gasteiger partial charge on any atom is 0.231 e. The van der Waals surface area contributed by atoms with Gasteiger partial charge < -0.3 is 10.2 Å². The molecule has 0 spiro atoms. The number of hydrogen-bond acceptors (Lipinski definition) is 2. The van der Waals surface area contributed by atoms with Crippen LogP contribution in [0, 0.1) is 17.5 Å². The second-order valence-corrected chi connectivity index (χ2v) is 5.54. The molecule has 0 bridgehead atoms. The Kier molecular flexibility index (Phi) is 4.01. The summed E-state index contributed by atoms with van der Waals surface area (Å²) >= 11 is 0. The summed E-state index contributed by atoms with van der Waals surface area (Å²) in [6, 6.07) is 6.86. The minimum absolute atomic E-state index is 0.0320. The van der Waals surface area contributed by atoms with Crippen LogP contribution >= 0.6 is 0 Å². The largest absolute Gasteiger partial charge is 0.323 e. The van der Waals surface area contributed by atoms with Crippen LogP contribution in [-0.2, 0) is 22.4 Å². The molecule has 24 heavy (non-hydrogen) atoms. The summed E-state index contributed by atoms with van der Waals surface area (Å²) < 4.78 is 39.6. The van der Waals surface area contributed by atoms with Crippen molar-refractivity contribution in [1.29, 1.82) is 0 Å². The van der Waals surface area contributed by atoms with E-state index in [0.717, 1.165) is 23.4 Å². The maximum atomic E-state index is 13.6. The van der Waals surface area contributed by atoms with E-state index in [0.29, 0.717) is 5.56 Å². The lowest BCUT2D eigenvalue weighted by atomic mass is 10.1. The van der Waals surface area contributed by atoms with Crippen molar-refractivity contribution in [3.63, 3.8) is 0 Å². The highest BCUT2D eigenvalue weighted by molar-refractivity contribution is 6.01. The number of anilines is 2. The quantitative estimate of drug-likeness (QED) is 0.878. The molecule has 2 aromatic rings. The van der Waals surface area contributed by atoms with Crippen molar-refractivity contribution in [2.75, 3.05) is 17.3 Å². The fraction of sp³-hybridized carbons (Fsp3) is 0.176. The number of likely N-dealkylation sites (N-methyl/N-ethyl adjacent to an activating group) is 1. The van der Waals surface area contributed by atoms with Crippen molar-refractivity contribution in [3.8, 4) is 0 Å². The molecule has 1 aliphatic rings. The van der Waals surface area contributed by atoms with E-state index >= 15 is 0 Å². The summed E-state index contributed by atoms with van der Waals surface area (Å²) in [5.74, 6) is -5.00. The molecule has 4 nitrogen and oxygen atoms in total. The summed E-state index contributed by atoms with van der Waals surface area (Å²) in [5.41, 5.74) is 1.81. The van der Waals surface area contributed by atoms with Gasteiger partial charge in [0.15, 0.2) is 17.5 Å². The van der Waals surface area contributed by atoms with Gasteiger partial charge in [0.05, 0.1) is 18.5 Å². The summed E-state index contributed by atoms with van der Waals surface area (Å²) in [4.78, 5) is 25.2. The summed E-state index contributed by atoms with van der Waals surface area (Å²) in [6.07, 6.45) is 0.183. The van der Waals surface area contributed by atoms with Crippen molar-refractivity contribution in [2.45, 2.75) is 12.8 Å². The smallest absolute Gasteiger partial charge is 0.231 e. The Morgan fingerprint density at radius 2 is 1.92 bits per heavy atom. The van der Waals surface area contributed by atoms with Crippen molar-refractivity contribution < 1.29 is 22.8 Å². The molecule has 3 rings (SSSR count). The number of nitrogens with one attached hydrogen (secondary N) is 1. The van der Waals surface area contributed by atoms with Gasteiger partial charge in [-0.2, -0.15) is 0 Å². The van der Waals surface area contributed by atoms with E-state index in [4.69, 9.17) is 0 Å². The number of carbonyl (C=O) groups excluding carboxylic acids is 2. The van der Waals surface area contributed by atoms with Gasteiger partial charge in [-0.3, -0.25) is 9.59 Å². The van der Waals surface area contributed by atoms with Gasteiger partial charge in [0.2, 0.25) is 11.8 Å². The molecule has 124 valence electrons. The van der Waals surface area contributed by atoms with Gasteiger partial charge in [-0.15, -0.1) is 0 Å². The monoisotopic (exact) mass is 334 g/mol. The zero-order valence-electron chi connectivity index (χ0n) is 12.7. The van der Waals surface area contributed by atoms with E-state index < -0.39 is 29.0 Å². The molecule has 0 radical (unpaired) electrons. The minimum Gasteiger partial charge on any atom is -0.323 e. The van der Waals surface area contributed by atoms with Crippen LogP contribution in [0.15, 0.2) is 30.3 Å². The molecule has 1 aliphatic heterocycles. The first-order chi connectivity index (χ1) is 11.4. The van der Waals surface area contributed by atoms with E-state index in [9.17, 15) is 22.8 Å². The lowest BCUT2D eigenvalue weighted by Crippen LogP contribution is -2.20. The molecule has 2 aromatic carbocycles. The first kappa shape index (κ1) is 16.0. The topological polar surface area (TPSA) is 49.4 Å². The van der Waals surface area contributed by atoms with Crippen LogP contribution in [-0.4, -0.2) is 18.9 Å². The van der Waals surface area contributed by atoms with Crippen LogP contribution in [0.3, 0.4) is 0 Å². The first-order valence-corrected chi connectivity index (χ1v) is 7.18. The van der Waals surface area contributed by atoms with Crippen molar-refractivity contribution in [1.82, 2.24) is 0 Å². The second kappa shape index (κ2) is 5.99. The van der Waals surface area contributed by atoms with Crippen LogP contribution in [0.2, 0.25) is 0 Å². The molecular formula is C17H13F3N2O2. The lowest BCUT2D eigenvalue weighted by molar-refractivity contribution is -0.117. The molecule has 0 aliphatic carbocycles. The molecule has 0 aromatic heterocycles. The van der Waals surface area contributed by atoms with Gasteiger partial charge in [0, 0.05) is 12.7 Å². The Morgan fingerprint density at radius 1 is 1.17 bits per heavy atom. The normalized spacial score (nSPS) is 13.2. The van der Waals surface area contributed by atoms with Crippen LogP contribution in [0.5, 0.6) is 0 Å². The Balaban J connectivity index is 1.74. The number of nitrogens with zero attached hydrogens (tertiary/aromatic N) is 1. The predicted octanol–water partition coefficient (Wildman–Crippen LogP) is 2.80. The third kappa shape index (κ3) is 2.84. The number of carbonyl (C=O) groups is 2. The van der Waals surface area contributed by atoms with Gasteiger partial charge in [0.1, 0.15) is 0 Å². The van der Waals surface area contributed by atoms with E-state index in [1.807, 2.05) is 0 Å². The van der Waals surface area contributed by atoms with Gasteiger partial charge in [-0.05, 0) is 29.3 Å². The standard InChI is InChI=1S/C17H13F3N2O2/c1-22-13-5-2-9(6-10(13)8-15(22)24)7-14(23)21-12-4-3-11(18)16(19)17(12)20/h2-6H,7-8H2,1H3,(H,21,23). The van der Waals surface area contributed by atoms with Crippen molar-refractivity contribution >= 4 is 23.2 Å². The maximum absolute atomic E-state index is 13.6. The molecule has 0 unspecified atom stereocenters. The Morgan fingerprint density at radius 3 is 2.67 bits per heavy atom. The zero-order chi connectivity index (χ0) is 17.4. The minimum atomic E-state index is -1.63. The molecule has 2 amide bonds. The Bertz CT molecular complexity index is 852. The fourth-order valence-electron chi connectivity index (χ4n) is 2.64. The first-order valence-electron chi connectivity index (χ1n) is 7.18. The molecule has 1 heterocycles. The third-order valence-corrected chi connectivity index (χ3v) is 3.89. The summed E-state index contributed by atoms with van der Waals surface area (Å²) in [7, 11) is 1.67. The molecule has 7 heteroatoms. The van der Waals surface area contributed by atoms with E-state index in [1.165, 1.54) is 4.90 Å². The Labute approximate surface area is 135 Å². The SMILES string of the molecule is CN1C(=O)Cc2cc(CC(=O)Nc3ccc(F)c(F)c3F)ccc21. The molecule has 0 fully saturated rings. The number of rotatable bonds is 3. The number of hydrogen-bond donors (Lipinski definition) is 1. The van der Waals surface area contributed by atoms with E-state index in [2.05, 4.69) is 5.32 Å². The van der Waals surface area contributed by atoms with Gasteiger partial charge in [-0.1, -0.05) is 12.1 Å². The number of benzene rings is 2. The van der Waals surface area contributed by atoms with Gasteiger partial charge in [0.25, 0.3) is 0 Å². The van der Waals surface area contributed by atoms with Gasteiger partial charge >= 0.3 is 0 Å². The summed E-state index contributed by atoms with van der Waals surface area (Å²) in [6.45, 7) is 0. The summed E-state index contributed by atoms with van der Waals surface area (Å²) in [5, 5.41) is 2.21. The zero-order valence-corrected chi connectivity index (χ0v) is 12.7. The highest BCUT2D eigenvalue weighted by Crippen LogP contribution is 2.28. The van der Waals surface area contributed by atoms with Crippen LogP contribution in [0.4, 0.5) is 24.5 Å². The van der Waals surface area contributed by atoms with E-state index in [1.54, 1.807) is 25.2 Å². The van der Waals surface area contributed by atoms with Gasteiger partial charge in [-0.25, -0.2) is 13.2 Å². The highest BCUT2D eigenvalue weighted by Gasteiger charge is 2.24. The van der Waals surface area contributed by atoms with Crippen LogP contribution in [0.25, 0.3) is 0 Å². The molecular weight excluding hydrogens is 321 g/mol. The predicted molar refractivity (Wildman–Crippen MR) is 82.2 cm³/mol. The van der Waals surface area contributed by atoms with Crippen LogP contribution < -0.4 is 10.2 Å². The third-order valence-electron chi connectivity index (χ3n) is 3.89. The van der Waals surface area contributed by atoms with Crippen LogP contribution in [0.1, 0.15) is 11.1 Å². The average Bonchev–Trinajstić information content (AvgIpc) is 2.82. The highest BCUT2D eigenvalue weighted by atomic mass is 19.2.